The van der Waals surface area contributed by atoms with Gasteiger partial charge in [0, 0.05) is 48.5 Å². The summed E-state index contributed by atoms with van der Waals surface area (Å²) in [5.74, 6) is -5.57. The Bertz CT molecular complexity index is 2890. The molecule has 0 amide bonds. The number of nitrogens with two attached hydrogens (primary N) is 2. The van der Waals surface area contributed by atoms with E-state index in [2.05, 4.69) is 9.47 Å². The second kappa shape index (κ2) is 27.5. The molecule has 0 aliphatic rings. The third-order valence-electron chi connectivity index (χ3n) is 11.6. The zero-order valence-corrected chi connectivity index (χ0v) is 42.3. The molecule has 0 heterocycles. The average molecular weight is 1130 g/mol. The van der Waals surface area contributed by atoms with E-state index in [0.717, 1.165) is 60.7 Å². The summed E-state index contributed by atoms with van der Waals surface area (Å²) in [5.41, 5.74) is 14.1. The van der Waals surface area contributed by atoms with Crippen molar-refractivity contribution in [1.29, 1.82) is 0 Å². The number of rotatable bonds is 27. The summed E-state index contributed by atoms with van der Waals surface area (Å²) in [6.45, 7) is -0.613. The van der Waals surface area contributed by atoms with E-state index in [0.29, 0.717) is 44.8 Å². The summed E-state index contributed by atoms with van der Waals surface area (Å²) in [6, 6.07) is 24.6. The highest BCUT2D eigenvalue weighted by atomic mass is 19.4. The summed E-state index contributed by atoms with van der Waals surface area (Å²) in [7, 11) is 0. The number of hydrogen-bond donors (Lipinski definition) is 2. The van der Waals surface area contributed by atoms with E-state index in [1.54, 1.807) is 36.4 Å². The molecule has 0 fully saturated rings. The highest BCUT2D eigenvalue weighted by molar-refractivity contribution is 5.88. The van der Waals surface area contributed by atoms with Crippen molar-refractivity contribution >= 4 is 35.5 Å². The quantitative estimate of drug-likeness (QED) is 0.0168. The van der Waals surface area contributed by atoms with Crippen LogP contribution in [0.3, 0.4) is 0 Å². The third kappa shape index (κ3) is 19.6. The van der Waals surface area contributed by atoms with Gasteiger partial charge in [-0.25, -0.2) is 18.4 Å². The van der Waals surface area contributed by atoms with Gasteiger partial charge in [0.2, 0.25) is 0 Å². The first-order chi connectivity index (χ1) is 37.8. The lowest BCUT2D eigenvalue weighted by Gasteiger charge is -2.19. The first-order valence-electron chi connectivity index (χ1n) is 24.6. The number of unbranched alkanes of at least 4 members (excludes halogenated alkanes) is 4. The van der Waals surface area contributed by atoms with Gasteiger partial charge in [0.1, 0.15) is 24.7 Å². The van der Waals surface area contributed by atoms with Crippen molar-refractivity contribution in [2.75, 3.05) is 24.7 Å². The van der Waals surface area contributed by atoms with Crippen LogP contribution in [0.2, 0.25) is 0 Å². The number of hydrogen-bond acceptors (Lipinski definition) is 10. The number of carbonyl (C=O) groups is 2. The van der Waals surface area contributed by atoms with Crippen LogP contribution in [-0.4, -0.2) is 37.5 Å². The first kappa shape index (κ1) is 60.9. The predicted molar refractivity (Wildman–Crippen MR) is 273 cm³/mol. The Morgan fingerprint density at radius 2 is 0.825 bits per heavy atom. The maximum absolute atomic E-state index is 15.1. The molecule has 0 saturated carbocycles. The van der Waals surface area contributed by atoms with Gasteiger partial charge in [-0.05, 0) is 157 Å². The molecule has 0 spiro atoms. The van der Waals surface area contributed by atoms with Gasteiger partial charge < -0.3 is 39.9 Å². The molecule has 0 bridgehead atoms. The lowest BCUT2D eigenvalue weighted by Crippen LogP contribution is -2.22. The van der Waals surface area contributed by atoms with Gasteiger partial charge in [-0.15, -0.1) is 0 Å². The van der Waals surface area contributed by atoms with Crippen LogP contribution in [0.1, 0.15) is 84.7 Å². The van der Waals surface area contributed by atoms with Crippen molar-refractivity contribution in [1.82, 2.24) is 0 Å². The molecule has 6 rings (SSSR count). The standard InChI is InChI=1S/C58H52F12N2O8/c59-49-33-45(75-29-5-1-3-27-55(61,62)63)19-23-51(49)79-57(67,68)41-13-7-37(8-14-41)11-25-53(73)77-35-39-31-43(71)17-21-47(39)48-22-18-44(72)32-40(48)36-78-54(74)26-12-38-9-15-42(16-10-38)58(69,70)80-52-24-20-46(34-50(52)60)76-30-6-2-4-28-56(64,65)66/h7-26,31-34H,1-6,27-30,35-36,71-72H2/b25-11+,26-12+. The Labute approximate surface area is 451 Å². The van der Waals surface area contributed by atoms with Crippen LogP contribution in [0.5, 0.6) is 23.0 Å². The molecule has 4 N–H and O–H groups in total. The molecule has 0 aliphatic heterocycles. The molecular formula is C58H52F12N2O8. The Balaban J connectivity index is 0.985. The SMILES string of the molecule is Nc1ccc(-c2ccc(N)cc2COC(=O)/C=C/c2ccc(C(F)(F)Oc3ccc(OCCCCCC(F)(F)F)cc3F)cc2)c(COC(=O)/C=C/c2ccc(C(F)(F)Oc3ccc(OCCCCCC(F)(F)F)cc3F)cc2)c1. The number of alkyl halides is 10. The number of benzene rings is 6. The van der Waals surface area contributed by atoms with Crippen LogP contribution in [-0.2, 0) is 44.5 Å². The Kier molecular flexibility index (Phi) is 21.0. The molecule has 0 atom stereocenters. The van der Waals surface area contributed by atoms with Crippen molar-refractivity contribution in [3.05, 3.63) is 178 Å². The van der Waals surface area contributed by atoms with Crippen molar-refractivity contribution in [3.63, 3.8) is 0 Å². The minimum absolute atomic E-state index is 0.00785. The van der Waals surface area contributed by atoms with Gasteiger partial charge in [0.05, 0.1) is 24.3 Å². The Morgan fingerprint density at radius 1 is 0.450 bits per heavy atom. The van der Waals surface area contributed by atoms with Gasteiger partial charge in [-0.3, -0.25) is 0 Å². The first-order valence-corrected chi connectivity index (χ1v) is 24.6. The third-order valence-corrected chi connectivity index (χ3v) is 11.6. The second-order valence-electron chi connectivity index (χ2n) is 17.9. The fourth-order valence-electron chi connectivity index (χ4n) is 7.58. The van der Waals surface area contributed by atoms with Crippen molar-refractivity contribution in [3.8, 4) is 34.1 Å². The maximum atomic E-state index is 15.1. The minimum Gasteiger partial charge on any atom is -0.493 e. The molecule has 10 nitrogen and oxygen atoms in total. The molecule has 0 saturated heterocycles. The van der Waals surface area contributed by atoms with E-state index in [-0.39, 0.29) is 76.5 Å². The Hall–Kier alpha value is -8.30. The van der Waals surface area contributed by atoms with Crippen molar-refractivity contribution in [2.45, 2.75) is 89.2 Å². The predicted octanol–water partition coefficient (Wildman–Crippen LogP) is 15.6. The van der Waals surface area contributed by atoms with Crippen LogP contribution in [0.4, 0.5) is 64.1 Å². The van der Waals surface area contributed by atoms with Gasteiger partial charge in [0.15, 0.2) is 23.1 Å². The molecule has 6 aromatic rings. The molecule has 0 aromatic heterocycles. The number of halogens is 12. The molecule has 0 radical (unpaired) electrons. The fraction of sp³-hybridized carbons (Fsp3) is 0.276. The summed E-state index contributed by atoms with van der Waals surface area (Å²) in [6.07, 6.45) is -12.9. The topological polar surface area (TPSA) is 142 Å². The highest BCUT2D eigenvalue weighted by Crippen LogP contribution is 2.37. The summed E-state index contributed by atoms with van der Waals surface area (Å²) < 4.78 is 195. The maximum Gasteiger partial charge on any atom is 0.426 e. The minimum atomic E-state index is -4.26. The largest absolute Gasteiger partial charge is 0.493 e. The number of carbonyl (C=O) groups excluding carboxylic acids is 2. The average Bonchev–Trinajstić information content (AvgIpc) is 3.39. The molecule has 80 heavy (non-hydrogen) atoms. The zero-order chi connectivity index (χ0) is 58.1. The van der Waals surface area contributed by atoms with Crippen LogP contribution in [0.25, 0.3) is 23.3 Å². The van der Waals surface area contributed by atoms with E-state index < -0.39 is 83.6 Å². The van der Waals surface area contributed by atoms with Gasteiger partial charge in [-0.1, -0.05) is 36.4 Å². The normalized spacial score (nSPS) is 12.2. The molecule has 22 heteroatoms. The van der Waals surface area contributed by atoms with Gasteiger partial charge >= 0.3 is 36.5 Å². The number of anilines is 2. The molecule has 426 valence electrons. The summed E-state index contributed by atoms with van der Waals surface area (Å²) in [5, 5.41) is 0. The monoisotopic (exact) mass is 1130 g/mol. The fourth-order valence-corrected chi connectivity index (χ4v) is 7.58. The Morgan fingerprint density at radius 3 is 1.18 bits per heavy atom. The molecular weight excluding hydrogens is 1080 g/mol. The second-order valence-corrected chi connectivity index (χ2v) is 17.9. The number of nitrogen functional groups attached to an aromatic ring is 2. The van der Waals surface area contributed by atoms with E-state index in [1.807, 2.05) is 0 Å². The number of ether oxygens (including phenoxy) is 6. The van der Waals surface area contributed by atoms with Crippen molar-refractivity contribution < 1.29 is 90.7 Å². The molecule has 0 aliphatic carbocycles. The van der Waals surface area contributed by atoms with Crippen LogP contribution < -0.4 is 30.4 Å². The van der Waals surface area contributed by atoms with Gasteiger partial charge in [0.25, 0.3) is 0 Å². The highest BCUT2D eigenvalue weighted by Gasteiger charge is 2.37. The summed E-state index contributed by atoms with van der Waals surface area (Å²) >= 11 is 0. The molecule has 0 unspecified atom stereocenters. The van der Waals surface area contributed by atoms with E-state index in [1.165, 1.54) is 48.6 Å². The van der Waals surface area contributed by atoms with Crippen LogP contribution in [0.15, 0.2) is 133 Å². The van der Waals surface area contributed by atoms with E-state index >= 15 is 17.6 Å². The smallest absolute Gasteiger partial charge is 0.426 e. The summed E-state index contributed by atoms with van der Waals surface area (Å²) in [4.78, 5) is 25.8. The molecule has 6 aromatic carbocycles. The zero-order valence-electron chi connectivity index (χ0n) is 42.3. The van der Waals surface area contributed by atoms with Crippen LogP contribution >= 0.6 is 0 Å². The van der Waals surface area contributed by atoms with E-state index in [4.69, 9.17) is 30.4 Å². The van der Waals surface area contributed by atoms with Gasteiger partial charge in [-0.2, -0.15) is 43.9 Å². The number of esters is 2. The lowest BCUT2D eigenvalue weighted by atomic mass is 9.95. The van der Waals surface area contributed by atoms with Crippen LogP contribution in [0, 0.1) is 11.6 Å². The van der Waals surface area contributed by atoms with Crippen molar-refractivity contribution in [2.24, 2.45) is 0 Å². The lowest BCUT2D eigenvalue weighted by molar-refractivity contribution is -0.187. The van der Waals surface area contributed by atoms with E-state index in [9.17, 15) is 44.7 Å².